The SMILES string of the molecule is COc1ccc(C)cc1NC(=O)Cn1c(=O)n(-c2ccc(F)c(C)c2)c(=O)c2sccc21. The second kappa shape index (κ2) is 8.43. The third kappa shape index (κ3) is 3.82. The van der Waals surface area contributed by atoms with Crippen LogP contribution in [0.15, 0.2) is 57.4 Å². The summed E-state index contributed by atoms with van der Waals surface area (Å²) in [6.45, 7) is 3.12. The molecule has 0 aliphatic heterocycles. The summed E-state index contributed by atoms with van der Waals surface area (Å²) in [5.74, 6) is -0.404. The molecule has 2 heterocycles. The molecule has 4 aromatic rings. The molecule has 32 heavy (non-hydrogen) atoms. The molecular weight excluding hydrogens is 433 g/mol. The highest BCUT2D eigenvalue weighted by Crippen LogP contribution is 2.25. The van der Waals surface area contributed by atoms with Crippen molar-refractivity contribution in [2.45, 2.75) is 20.4 Å². The van der Waals surface area contributed by atoms with Crippen LogP contribution < -0.4 is 21.3 Å². The standard InChI is InChI=1S/C23H20FN3O4S/c1-13-4-7-19(31-3)17(10-13)25-20(28)12-26-18-8-9-32-21(18)22(29)27(23(26)30)15-5-6-16(24)14(2)11-15/h4-11H,12H2,1-3H3,(H,25,28). The highest BCUT2D eigenvalue weighted by atomic mass is 32.1. The molecule has 0 unspecified atom stereocenters. The highest BCUT2D eigenvalue weighted by Gasteiger charge is 2.18. The molecule has 9 heteroatoms. The number of halogens is 1. The van der Waals surface area contributed by atoms with Crippen molar-refractivity contribution in [3.05, 3.63) is 85.6 Å². The number of anilines is 1. The molecule has 1 N–H and O–H groups in total. The van der Waals surface area contributed by atoms with Crippen LogP contribution >= 0.6 is 11.3 Å². The molecule has 0 saturated carbocycles. The fourth-order valence-electron chi connectivity index (χ4n) is 3.49. The molecule has 164 valence electrons. The van der Waals surface area contributed by atoms with Gasteiger partial charge in [-0.15, -0.1) is 11.3 Å². The lowest BCUT2D eigenvalue weighted by atomic mass is 10.2. The summed E-state index contributed by atoms with van der Waals surface area (Å²) >= 11 is 1.17. The fourth-order valence-corrected chi connectivity index (χ4v) is 4.31. The Labute approximate surface area is 186 Å². The summed E-state index contributed by atoms with van der Waals surface area (Å²) in [6, 6.07) is 11.0. The summed E-state index contributed by atoms with van der Waals surface area (Å²) in [6.07, 6.45) is 0. The number of aryl methyl sites for hydroxylation is 2. The molecule has 7 nitrogen and oxygen atoms in total. The zero-order valence-corrected chi connectivity index (χ0v) is 18.5. The van der Waals surface area contributed by atoms with Crippen molar-refractivity contribution in [3.63, 3.8) is 0 Å². The zero-order valence-electron chi connectivity index (χ0n) is 17.6. The quantitative estimate of drug-likeness (QED) is 0.501. The van der Waals surface area contributed by atoms with Crippen molar-refractivity contribution in [2.24, 2.45) is 0 Å². The van der Waals surface area contributed by atoms with Gasteiger partial charge in [-0.1, -0.05) is 6.07 Å². The number of nitrogens with one attached hydrogen (secondary N) is 1. The molecule has 0 aliphatic carbocycles. The summed E-state index contributed by atoms with van der Waals surface area (Å²) < 4.78 is 21.6. The van der Waals surface area contributed by atoms with Crippen LogP contribution in [0.25, 0.3) is 15.9 Å². The predicted molar refractivity (Wildman–Crippen MR) is 123 cm³/mol. The van der Waals surface area contributed by atoms with Gasteiger partial charge in [-0.05, 0) is 66.8 Å². The van der Waals surface area contributed by atoms with Crippen LogP contribution in [0.1, 0.15) is 11.1 Å². The number of hydrogen-bond acceptors (Lipinski definition) is 5. The van der Waals surface area contributed by atoms with Crippen molar-refractivity contribution >= 4 is 33.1 Å². The molecule has 0 radical (unpaired) electrons. The Morgan fingerprint density at radius 3 is 2.62 bits per heavy atom. The van der Waals surface area contributed by atoms with Crippen LogP contribution in [0.3, 0.4) is 0 Å². The molecule has 0 bridgehead atoms. The first-order chi connectivity index (χ1) is 15.3. The second-order valence-electron chi connectivity index (χ2n) is 7.33. The van der Waals surface area contributed by atoms with E-state index in [0.29, 0.717) is 27.2 Å². The first-order valence-corrected chi connectivity index (χ1v) is 10.6. The minimum atomic E-state index is -0.682. The number of ether oxygens (including phenoxy) is 1. The number of fused-ring (bicyclic) bond motifs is 1. The molecule has 0 saturated heterocycles. The number of amides is 1. The van der Waals surface area contributed by atoms with E-state index in [-0.39, 0.29) is 12.2 Å². The maximum absolute atomic E-state index is 13.7. The van der Waals surface area contributed by atoms with Crippen LogP contribution in [0, 0.1) is 19.7 Å². The van der Waals surface area contributed by atoms with E-state index in [1.54, 1.807) is 30.5 Å². The number of methoxy groups -OCH3 is 1. The fraction of sp³-hybridized carbons (Fsp3) is 0.174. The molecule has 0 fully saturated rings. The van der Waals surface area contributed by atoms with Crippen LogP contribution in [0.5, 0.6) is 5.75 Å². The van der Waals surface area contributed by atoms with Gasteiger partial charge in [0.2, 0.25) is 5.91 Å². The minimum Gasteiger partial charge on any atom is -0.495 e. The van der Waals surface area contributed by atoms with Crippen molar-refractivity contribution in [2.75, 3.05) is 12.4 Å². The van der Waals surface area contributed by atoms with Crippen molar-refractivity contribution in [3.8, 4) is 11.4 Å². The maximum atomic E-state index is 13.7. The summed E-state index contributed by atoms with van der Waals surface area (Å²) in [4.78, 5) is 39.2. The van der Waals surface area contributed by atoms with E-state index in [1.807, 2.05) is 13.0 Å². The van der Waals surface area contributed by atoms with Gasteiger partial charge in [0.15, 0.2) is 0 Å². The number of benzene rings is 2. The van der Waals surface area contributed by atoms with Crippen molar-refractivity contribution in [1.82, 2.24) is 9.13 Å². The van der Waals surface area contributed by atoms with Gasteiger partial charge < -0.3 is 10.1 Å². The first kappa shape index (κ1) is 21.5. The van der Waals surface area contributed by atoms with Crippen molar-refractivity contribution < 1.29 is 13.9 Å². The number of carbonyl (C=O) groups is 1. The Morgan fingerprint density at radius 2 is 1.91 bits per heavy atom. The van der Waals surface area contributed by atoms with E-state index >= 15 is 0 Å². The van der Waals surface area contributed by atoms with Gasteiger partial charge in [-0.3, -0.25) is 14.2 Å². The first-order valence-electron chi connectivity index (χ1n) is 9.74. The Bertz CT molecular complexity index is 1470. The van der Waals surface area contributed by atoms with Crippen LogP contribution in [0.4, 0.5) is 10.1 Å². The Hall–Kier alpha value is -3.72. The van der Waals surface area contributed by atoms with Gasteiger partial charge in [-0.2, -0.15) is 0 Å². The van der Waals surface area contributed by atoms with Gasteiger partial charge in [0.1, 0.15) is 22.8 Å². The van der Waals surface area contributed by atoms with Gasteiger partial charge in [0, 0.05) is 0 Å². The molecular formula is C23H20FN3O4S. The largest absolute Gasteiger partial charge is 0.495 e. The number of rotatable bonds is 5. The molecule has 4 rings (SSSR count). The van der Waals surface area contributed by atoms with E-state index in [4.69, 9.17) is 4.74 Å². The summed E-state index contributed by atoms with van der Waals surface area (Å²) in [5, 5.41) is 4.45. The van der Waals surface area contributed by atoms with Crippen LogP contribution in [-0.2, 0) is 11.3 Å². The van der Waals surface area contributed by atoms with E-state index in [9.17, 15) is 18.8 Å². The minimum absolute atomic E-state index is 0.240. The van der Waals surface area contributed by atoms with E-state index in [1.165, 1.54) is 41.2 Å². The lowest BCUT2D eigenvalue weighted by Gasteiger charge is -2.14. The number of hydrogen-bond donors (Lipinski definition) is 1. The molecule has 1 amide bonds. The molecule has 2 aromatic carbocycles. The van der Waals surface area contributed by atoms with Crippen LogP contribution in [-0.4, -0.2) is 22.2 Å². The number of thiophene rings is 1. The van der Waals surface area contributed by atoms with E-state index in [2.05, 4.69) is 5.32 Å². The number of aromatic nitrogens is 2. The zero-order chi connectivity index (χ0) is 23.0. The lowest BCUT2D eigenvalue weighted by molar-refractivity contribution is -0.116. The Balaban J connectivity index is 1.80. The van der Waals surface area contributed by atoms with Gasteiger partial charge in [0.05, 0.1) is 24.0 Å². The van der Waals surface area contributed by atoms with Gasteiger partial charge in [0.25, 0.3) is 5.56 Å². The summed E-state index contributed by atoms with van der Waals surface area (Å²) in [5.41, 5.74) is 1.13. The normalized spacial score (nSPS) is 11.0. The monoisotopic (exact) mass is 453 g/mol. The van der Waals surface area contributed by atoms with E-state index < -0.39 is 23.0 Å². The third-order valence-electron chi connectivity index (χ3n) is 5.09. The smallest absolute Gasteiger partial charge is 0.336 e. The average Bonchev–Trinajstić information content (AvgIpc) is 3.24. The number of carbonyl (C=O) groups excluding carboxylic acids is 1. The predicted octanol–water partition coefficient (Wildman–Crippen LogP) is 3.62. The molecule has 0 atom stereocenters. The van der Waals surface area contributed by atoms with E-state index in [0.717, 1.165) is 10.1 Å². The third-order valence-corrected chi connectivity index (χ3v) is 5.98. The lowest BCUT2D eigenvalue weighted by Crippen LogP contribution is -2.40. The topological polar surface area (TPSA) is 82.3 Å². The van der Waals surface area contributed by atoms with Crippen LogP contribution in [0.2, 0.25) is 0 Å². The molecule has 0 spiro atoms. The highest BCUT2D eigenvalue weighted by molar-refractivity contribution is 7.17. The molecule has 2 aromatic heterocycles. The van der Waals surface area contributed by atoms with Crippen molar-refractivity contribution in [1.29, 1.82) is 0 Å². The average molecular weight is 453 g/mol. The Morgan fingerprint density at radius 1 is 1.12 bits per heavy atom. The van der Waals surface area contributed by atoms with Gasteiger partial charge >= 0.3 is 5.69 Å². The van der Waals surface area contributed by atoms with Gasteiger partial charge in [-0.25, -0.2) is 13.8 Å². The maximum Gasteiger partial charge on any atom is 0.336 e. The Kier molecular flexibility index (Phi) is 5.67. The number of nitrogens with zero attached hydrogens (tertiary/aromatic N) is 2. The molecule has 0 aliphatic rings. The second-order valence-corrected chi connectivity index (χ2v) is 8.25. The summed E-state index contributed by atoms with van der Waals surface area (Å²) in [7, 11) is 1.50.